The van der Waals surface area contributed by atoms with Crippen LogP contribution in [0.5, 0.6) is 0 Å². The van der Waals surface area contributed by atoms with E-state index in [1.807, 2.05) is 18.2 Å². The van der Waals surface area contributed by atoms with E-state index < -0.39 is 0 Å². The Hall–Kier alpha value is -0.940. The van der Waals surface area contributed by atoms with Crippen molar-refractivity contribution in [1.29, 1.82) is 0 Å². The number of rotatable bonds is 1. The predicted octanol–water partition coefficient (Wildman–Crippen LogP) is 3.27. The predicted molar refractivity (Wildman–Crippen MR) is 50.3 cm³/mol. The Bertz CT molecular complexity index is 341. The second-order valence-electron chi connectivity index (χ2n) is 2.93. The molecule has 2 heteroatoms. The number of benzene rings is 1. The van der Waals surface area contributed by atoms with Crippen LogP contribution < -0.4 is 0 Å². The Balaban J connectivity index is 2.47. The van der Waals surface area contributed by atoms with E-state index in [0.717, 1.165) is 18.2 Å². The zero-order chi connectivity index (χ0) is 8.39. The summed E-state index contributed by atoms with van der Waals surface area (Å²) < 4.78 is 10.6. The Kier molecular flexibility index (Phi) is 2.05. The van der Waals surface area contributed by atoms with Crippen molar-refractivity contribution >= 4 is 14.5 Å². The Morgan fingerprint density at radius 3 is 2.83 bits per heavy atom. The van der Waals surface area contributed by atoms with Crippen molar-refractivity contribution < 1.29 is 4.57 Å². The molecule has 0 saturated heterocycles. The molecule has 0 fully saturated rings. The third-order valence-electron chi connectivity index (χ3n) is 2.14. The average molecular weight is 176 g/mol. The number of hydrogen-bond donors (Lipinski definition) is 0. The fourth-order valence-electron chi connectivity index (χ4n) is 1.49. The maximum absolute atomic E-state index is 10.6. The van der Waals surface area contributed by atoms with Gasteiger partial charge in [-0.1, -0.05) is 24.3 Å². The molecule has 0 heterocycles. The van der Waals surface area contributed by atoms with E-state index in [4.69, 9.17) is 0 Å². The molecule has 0 atom stereocenters. The van der Waals surface area contributed by atoms with Gasteiger partial charge in [0.15, 0.2) is 8.46 Å². The van der Waals surface area contributed by atoms with Crippen molar-refractivity contribution in [3.8, 4) is 0 Å². The van der Waals surface area contributed by atoms with E-state index in [0.29, 0.717) is 0 Å². The monoisotopic (exact) mass is 176 g/mol. The fourth-order valence-corrected chi connectivity index (χ4v) is 1.88. The molecule has 0 aliphatic heterocycles. The molecule has 1 aliphatic carbocycles. The highest BCUT2D eigenvalue weighted by molar-refractivity contribution is 7.29. The first kappa shape index (κ1) is 7.70. The van der Waals surface area contributed by atoms with E-state index in [1.54, 1.807) is 0 Å². The lowest BCUT2D eigenvalue weighted by Crippen LogP contribution is -1.94. The molecule has 0 unspecified atom stereocenters. The highest BCUT2D eigenvalue weighted by Gasteiger charge is 2.08. The van der Waals surface area contributed by atoms with Crippen molar-refractivity contribution in [2.24, 2.45) is 0 Å². The third kappa shape index (κ3) is 1.33. The Morgan fingerprint density at radius 1 is 1.17 bits per heavy atom. The van der Waals surface area contributed by atoms with Crippen LogP contribution in [0, 0.1) is 0 Å². The second kappa shape index (κ2) is 3.20. The number of hydrogen-bond acceptors (Lipinski definition) is 1. The lowest BCUT2D eigenvalue weighted by Gasteiger charge is -2.11. The summed E-state index contributed by atoms with van der Waals surface area (Å²) in [5.74, 6) is 0. The van der Waals surface area contributed by atoms with Crippen LogP contribution in [0.4, 0.5) is 0 Å². The van der Waals surface area contributed by atoms with E-state index >= 15 is 0 Å². The topological polar surface area (TPSA) is 17.1 Å². The lowest BCUT2D eigenvalue weighted by atomic mass is 9.98. The van der Waals surface area contributed by atoms with Crippen LogP contribution in [-0.4, -0.2) is 0 Å². The summed E-state index contributed by atoms with van der Waals surface area (Å²) in [6.45, 7) is 0. The minimum atomic E-state index is 0.175. The normalized spacial score (nSPS) is 15.5. The van der Waals surface area contributed by atoms with Crippen LogP contribution in [-0.2, 0) is 11.0 Å². The fraction of sp³-hybridized carbons (Fsp3) is 0.200. The van der Waals surface area contributed by atoms with Gasteiger partial charge in [-0.05, 0) is 30.0 Å². The molecule has 0 N–H and O–H groups in total. The maximum atomic E-state index is 10.6. The molecule has 12 heavy (non-hydrogen) atoms. The van der Waals surface area contributed by atoms with Gasteiger partial charge in [0, 0.05) is 5.31 Å². The van der Waals surface area contributed by atoms with E-state index in [2.05, 4.69) is 12.1 Å². The summed E-state index contributed by atoms with van der Waals surface area (Å²) in [5, 5.41) is 1.01. The largest absolute Gasteiger partial charge is 0.270 e. The van der Waals surface area contributed by atoms with Crippen LogP contribution in [0.25, 0.3) is 6.08 Å². The summed E-state index contributed by atoms with van der Waals surface area (Å²) in [4.78, 5) is 0. The number of fused-ring (bicyclic) bond motifs is 1. The van der Waals surface area contributed by atoms with E-state index in [9.17, 15) is 4.57 Å². The molecule has 2 rings (SSSR count). The van der Waals surface area contributed by atoms with Gasteiger partial charge in [0.2, 0.25) is 0 Å². The minimum absolute atomic E-state index is 0.175. The molecule has 1 aliphatic rings. The van der Waals surface area contributed by atoms with Crippen molar-refractivity contribution in [3.05, 3.63) is 40.7 Å². The zero-order valence-corrected chi connectivity index (χ0v) is 7.55. The number of aryl methyl sites for hydroxylation is 1. The standard InChI is InChI=1S/C10H9OP/c11-12-10-6-5-8-3-1-2-4-9(8)7-10/h1-4,7H,5-6H2. The van der Waals surface area contributed by atoms with Crippen molar-refractivity contribution in [3.63, 3.8) is 0 Å². The van der Waals surface area contributed by atoms with Crippen LogP contribution in [0.15, 0.2) is 29.6 Å². The third-order valence-corrected chi connectivity index (χ3v) is 2.73. The molecular weight excluding hydrogens is 167 g/mol. The first-order valence-corrected chi connectivity index (χ1v) is 4.83. The lowest BCUT2D eigenvalue weighted by molar-refractivity contribution is 0.600. The molecule has 0 radical (unpaired) electrons. The average Bonchev–Trinajstić information content (AvgIpc) is 2.17. The van der Waals surface area contributed by atoms with Gasteiger partial charge in [-0.15, -0.1) is 0 Å². The molecule has 0 bridgehead atoms. The molecule has 1 nitrogen and oxygen atoms in total. The van der Waals surface area contributed by atoms with Crippen LogP contribution in [0.2, 0.25) is 0 Å². The first-order chi connectivity index (χ1) is 5.90. The summed E-state index contributed by atoms with van der Waals surface area (Å²) in [6, 6.07) is 8.26. The minimum Gasteiger partial charge on any atom is -0.270 e. The molecule has 0 amide bonds. The molecule has 1 aromatic carbocycles. The van der Waals surface area contributed by atoms with Gasteiger partial charge in [-0.3, -0.25) is 4.57 Å². The van der Waals surface area contributed by atoms with E-state index in [-0.39, 0.29) is 8.46 Å². The molecule has 60 valence electrons. The molecule has 1 aromatic rings. The zero-order valence-electron chi connectivity index (χ0n) is 6.66. The highest BCUT2D eigenvalue weighted by atomic mass is 31.1. The maximum Gasteiger partial charge on any atom is 0.187 e. The highest BCUT2D eigenvalue weighted by Crippen LogP contribution is 2.29. The smallest absolute Gasteiger partial charge is 0.187 e. The van der Waals surface area contributed by atoms with Crippen molar-refractivity contribution in [2.75, 3.05) is 0 Å². The Labute approximate surface area is 73.3 Å². The van der Waals surface area contributed by atoms with Crippen LogP contribution in [0.1, 0.15) is 17.5 Å². The quantitative estimate of drug-likeness (QED) is 0.600. The van der Waals surface area contributed by atoms with Crippen molar-refractivity contribution in [1.82, 2.24) is 0 Å². The van der Waals surface area contributed by atoms with E-state index in [1.165, 1.54) is 11.1 Å². The summed E-state index contributed by atoms with van der Waals surface area (Å²) in [7, 11) is 0.175. The summed E-state index contributed by atoms with van der Waals surface area (Å²) in [5.41, 5.74) is 2.59. The van der Waals surface area contributed by atoms with Gasteiger partial charge in [0.25, 0.3) is 0 Å². The van der Waals surface area contributed by atoms with Crippen molar-refractivity contribution in [2.45, 2.75) is 12.8 Å². The second-order valence-corrected chi connectivity index (χ2v) is 3.68. The molecule has 0 aromatic heterocycles. The van der Waals surface area contributed by atoms with Gasteiger partial charge in [0.05, 0.1) is 0 Å². The van der Waals surface area contributed by atoms with Gasteiger partial charge < -0.3 is 0 Å². The van der Waals surface area contributed by atoms with Crippen LogP contribution in [0.3, 0.4) is 0 Å². The van der Waals surface area contributed by atoms with Gasteiger partial charge in [0.1, 0.15) is 0 Å². The summed E-state index contributed by atoms with van der Waals surface area (Å²) in [6.07, 6.45) is 3.98. The first-order valence-electron chi connectivity index (χ1n) is 4.02. The molecule has 0 saturated carbocycles. The Morgan fingerprint density at radius 2 is 2.00 bits per heavy atom. The van der Waals surface area contributed by atoms with Crippen LogP contribution >= 0.6 is 8.46 Å². The van der Waals surface area contributed by atoms with Gasteiger partial charge >= 0.3 is 0 Å². The molecular formula is C10H9OP. The SMILES string of the molecule is O=PC1=Cc2ccccc2CC1. The molecule has 0 spiro atoms. The number of allylic oxidation sites excluding steroid dienone is 1. The summed E-state index contributed by atoms with van der Waals surface area (Å²) >= 11 is 0. The van der Waals surface area contributed by atoms with Gasteiger partial charge in [-0.2, -0.15) is 0 Å². The van der Waals surface area contributed by atoms with Gasteiger partial charge in [-0.25, -0.2) is 0 Å².